The minimum absolute atomic E-state index is 0.0359. The van der Waals surface area contributed by atoms with Crippen molar-refractivity contribution in [2.75, 3.05) is 0 Å². The van der Waals surface area contributed by atoms with Crippen molar-refractivity contribution in [3.63, 3.8) is 0 Å². The van der Waals surface area contributed by atoms with E-state index in [-0.39, 0.29) is 5.91 Å². The van der Waals surface area contributed by atoms with Crippen molar-refractivity contribution in [1.29, 1.82) is 0 Å². The average Bonchev–Trinajstić information content (AvgIpc) is 3.05. The van der Waals surface area contributed by atoms with E-state index >= 15 is 0 Å². The molecule has 110 valence electrons. The molecule has 2 aromatic rings. The van der Waals surface area contributed by atoms with Gasteiger partial charge in [-0.3, -0.25) is 4.79 Å². The number of amides is 1. The first-order valence-corrected chi connectivity index (χ1v) is 7.12. The Balaban J connectivity index is 1.99. The summed E-state index contributed by atoms with van der Waals surface area (Å²) in [6.07, 6.45) is 7.80. The quantitative estimate of drug-likeness (QED) is 0.655. The first-order chi connectivity index (χ1) is 10.2. The average molecular weight is 284 g/mol. The number of carbonyl (C=O) groups excluding carboxylic acids is 1. The normalized spacial score (nSPS) is 11.4. The summed E-state index contributed by atoms with van der Waals surface area (Å²) in [6, 6.07) is 7.95. The Morgan fingerprint density at radius 2 is 2.10 bits per heavy atom. The minimum atomic E-state index is -0.0359. The summed E-state index contributed by atoms with van der Waals surface area (Å²) in [6.45, 7) is 3.94. The van der Waals surface area contributed by atoms with Gasteiger partial charge in [0.1, 0.15) is 0 Å². The van der Waals surface area contributed by atoms with Crippen molar-refractivity contribution >= 4 is 11.6 Å². The molecule has 0 radical (unpaired) electrons. The van der Waals surface area contributed by atoms with E-state index in [4.69, 9.17) is 0 Å². The molecule has 1 aromatic heterocycles. The smallest absolute Gasteiger partial charge is 0.240 e. The summed E-state index contributed by atoms with van der Waals surface area (Å²) in [5.41, 5.74) is 5.40. The van der Waals surface area contributed by atoms with Crippen LogP contribution in [0.25, 0.3) is 5.69 Å². The molecular formula is C16H20N4O. The number of carbonyl (C=O) groups is 1. The van der Waals surface area contributed by atoms with Crippen LogP contribution in [0, 0.1) is 0 Å². The molecule has 0 fully saturated rings. The van der Waals surface area contributed by atoms with E-state index in [1.54, 1.807) is 12.5 Å². The molecule has 1 heterocycles. The molecule has 1 aromatic carbocycles. The molecule has 0 aliphatic rings. The predicted octanol–water partition coefficient (Wildman–Crippen LogP) is 2.90. The third-order valence-electron chi connectivity index (χ3n) is 3.19. The first kappa shape index (κ1) is 15.0. The number of imidazole rings is 1. The molecule has 0 aliphatic heterocycles. The fourth-order valence-electron chi connectivity index (χ4n) is 1.89. The summed E-state index contributed by atoms with van der Waals surface area (Å²) in [4.78, 5) is 15.5. The third-order valence-corrected chi connectivity index (χ3v) is 3.19. The van der Waals surface area contributed by atoms with Crippen molar-refractivity contribution in [3.8, 4) is 5.69 Å². The number of hydrogen-bond acceptors (Lipinski definition) is 3. The van der Waals surface area contributed by atoms with Crippen LogP contribution >= 0.6 is 0 Å². The van der Waals surface area contributed by atoms with E-state index in [0.717, 1.165) is 29.8 Å². The third kappa shape index (κ3) is 4.27. The van der Waals surface area contributed by atoms with Crippen LogP contribution in [0.2, 0.25) is 0 Å². The van der Waals surface area contributed by atoms with Gasteiger partial charge in [0.25, 0.3) is 0 Å². The van der Waals surface area contributed by atoms with Crippen LogP contribution in [0.4, 0.5) is 0 Å². The minimum Gasteiger partial charge on any atom is -0.306 e. The fraction of sp³-hybridized carbons (Fsp3) is 0.312. The Hall–Kier alpha value is -2.43. The van der Waals surface area contributed by atoms with Crippen LogP contribution in [0.5, 0.6) is 0 Å². The summed E-state index contributed by atoms with van der Waals surface area (Å²) in [5, 5.41) is 4.14. The number of rotatable bonds is 6. The van der Waals surface area contributed by atoms with Crippen LogP contribution in [0.3, 0.4) is 0 Å². The van der Waals surface area contributed by atoms with Gasteiger partial charge in [-0.05, 0) is 31.0 Å². The van der Waals surface area contributed by atoms with Gasteiger partial charge in [0.15, 0.2) is 0 Å². The number of benzene rings is 1. The van der Waals surface area contributed by atoms with Gasteiger partial charge in [0.2, 0.25) is 5.91 Å². The molecule has 0 atom stereocenters. The Labute approximate surface area is 124 Å². The standard InChI is InChI=1S/C16H20N4O/c1-3-4-5-16(21)19-18-13(2)14-6-8-15(9-7-14)20-11-10-17-12-20/h6-12H,3-5H2,1-2H3,(H,19,21). The molecule has 0 saturated heterocycles. The lowest BCUT2D eigenvalue weighted by molar-refractivity contribution is -0.121. The maximum atomic E-state index is 11.5. The molecular weight excluding hydrogens is 264 g/mol. The van der Waals surface area contributed by atoms with Crippen molar-refractivity contribution in [2.24, 2.45) is 5.10 Å². The predicted molar refractivity (Wildman–Crippen MR) is 83.4 cm³/mol. The number of aromatic nitrogens is 2. The van der Waals surface area contributed by atoms with Gasteiger partial charge < -0.3 is 4.57 Å². The lowest BCUT2D eigenvalue weighted by Gasteiger charge is -2.05. The van der Waals surface area contributed by atoms with Crippen LogP contribution in [0.15, 0.2) is 48.1 Å². The topological polar surface area (TPSA) is 59.3 Å². The maximum absolute atomic E-state index is 11.5. The highest BCUT2D eigenvalue weighted by molar-refractivity contribution is 5.99. The Bertz CT molecular complexity index is 600. The van der Waals surface area contributed by atoms with Gasteiger partial charge in [0, 0.05) is 24.5 Å². The van der Waals surface area contributed by atoms with Crippen LogP contribution < -0.4 is 5.43 Å². The molecule has 0 saturated carbocycles. The highest BCUT2D eigenvalue weighted by atomic mass is 16.2. The van der Waals surface area contributed by atoms with E-state index in [1.165, 1.54) is 0 Å². The second kappa shape index (κ2) is 7.38. The van der Waals surface area contributed by atoms with Crippen LogP contribution in [0.1, 0.15) is 38.7 Å². The lowest BCUT2D eigenvalue weighted by Crippen LogP contribution is -2.18. The van der Waals surface area contributed by atoms with E-state index < -0.39 is 0 Å². The first-order valence-electron chi connectivity index (χ1n) is 7.12. The lowest BCUT2D eigenvalue weighted by atomic mass is 10.1. The molecule has 5 nitrogen and oxygen atoms in total. The molecule has 21 heavy (non-hydrogen) atoms. The molecule has 1 amide bonds. The highest BCUT2D eigenvalue weighted by Crippen LogP contribution is 2.10. The van der Waals surface area contributed by atoms with Crippen molar-refractivity contribution < 1.29 is 4.79 Å². The molecule has 0 spiro atoms. The second-order valence-corrected chi connectivity index (χ2v) is 4.85. The summed E-state index contributed by atoms with van der Waals surface area (Å²) in [5.74, 6) is -0.0359. The summed E-state index contributed by atoms with van der Waals surface area (Å²) >= 11 is 0. The summed E-state index contributed by atoms with van der Waals surface area (Å²) < 4.78 is 1.93. The van der Waals surface area contributed by atoms with Crippen LogP contribution in [-0.4, -0.2) is 21.2 Å². The monoisotopic (exact) mass is 284 g/mol. The van der Waals surface area contributed by atoms with Crippen molar-refractivity contribution in [2.45, 2.75) is 33.1 Å². The zero-order chi connectivity index (χ0) is 15.1. The van der Waals surface area contributed by atoms with Crippen molar-refractivity contribution in [1.82, 2.24) is 15.0 Å². The van der Waals surface area contributed by atoms with Crippen LogP contribution in [-0.2, 0) is 4.79 Å². The van der Waals surface area contributed by atoms with E-state index in [2.05, 4.69) is 22.4 Å². The number of nitrogens with one attached hydrogen (secondary N) is 1. The number of hydrazone groups is 1. The zero-order valence-electron chi connectivity index (χ0n) is 12.4. The molecule has 5 heteroatoms. The number of hydrogen-bond donors (Lipinski definition) is 1. The van der Waals surface area contributed by atoms with Gasteiger partial charge in [-0.25, -0.2) is 10.4 Å². The number of unbranched alkanes of at least 4 members (excludes halogenated alkanes) is 1. The van der Waals surface area contributed by atoms with E-state index in [0.29, 0.717) is 6.42 Å². The largest absolute Gasteiger partial charge is 0.306 e. The van der Waals surface area contributed by atoms with Crippen molar-refractivity contribution in [3.05, 3.63) is 48.5 Å². The zero-order valence-corrected chi connectivity index (χ0v) is 12.4. The van der Waals surface area contributed by atoms with E-state index in [9.17, 15) is 4.79 Å². The Morgan fingerprint density at radius 3 is 2.71 bits per heavy atom. The SMILES string of the molecule is CCCCC(=O)NN=C(C)c1ccc(-n2ccnc2)cc1. The van der Waals surface area contributed by atoms with Gasteiger partial charge in [-0.1, -0.05) is 25.5 Å². The Morgan fingerprint density at radius 1 is 1.33 bits per heavy atom. The van der Waals surface area contributed by atoms with Gasteiger partial charge in [-0.15, -0.1) is 0 Å². The number of nitrogens with zero attached hydrogens (tertiary/aromatic N) is 3. The molecule has 0 aliphatic carbocycles. The molecule has 0 unspecified atom stereocenters. The molecule has 2 rings (SSSR count). The highest BCUT2D eigenvalue weighted by Gasteiger charge is 2.02. The Kier molecular flexibility index (Phi) is 5.26. The van der Waals surface area contributed by atoms with Gasteiger partial charge >= 0.3 is 0 Å². The summed E-state index contributed by atoms with van der Waals surface area (Å²) in [7, 11) is 0. The molecule has 1 N–H and O–H groups in total. The second-order valence-electron chi connectivity index (χ2n) is 4.85. The fourth-order valence-corrected chi connectivity index (χ4v) is 1.89. The maximum Gasteiger partial charge on any atom is 0.240 e. The van der Waals surface area contributed by atoms with Gasteiger partial charge in [-0.2, -0.15) is 5.10 Å². The van der Waals surface area contributed by atoms with Gasteiger partial charge in [0.05, 0.1) is 12.0 Å². The van der Waals surface area contributed by atoms with E-state index in [1.807, 2.05) is 42.0 Å². The molecule has 0 bridgehead atoms.